The number of nitrogens with two attached hydrogens (primary N) is 1. The van der Waals surface area contributed by atoms with Crippen molar-refractivity contribution < 1.29 is 18.6 Å². The summed E-state index contributed by atoms with van der Waals surface area (Å²) in [5, 5.41) is 9.91. The fourth-order valence-electron chi connectivity index (χ4n) is 2.01. The molecule has 1 fully saturated rings. The predicted octanol–water partition coefficient (Wildman–Crippen LogP) is 1.56. The molecular formula is C12H17F2N3O2. The number of rotatable bonds is 4. The number of nitrogen functional groups attached to an aromatic ring is 1. The molecule has 0 spiro atoms. The molecule has 0 amide bonds. The number of anilines is 1. The van der Waals surface area contributed by atoms with E-state index in [1.165, 1.54) is 19.9 Å². The first kappa shape index (κ1) is 14.1. The van der Waals surface area contributed by atoms with Crippen LogP contribution in [0.4, 0.5) is 14.7 Å². The molecule has 3 N–H and O–H groups in total. The number of alkyl halides is 2. The predicted molar refractivity (Wildman–Crippen MR) is 64.6 cm³/mol. The van der Waals surface area contributed by atoms with Crippen LogP contribution in [0.15, 0.2) is 6.07 Å². The highest BCUT2D eigenvalue weighted by atomic mass is 19.3. The molecule has 0 saturated heterocycles. The van der Waals surface area contributed by atoms with Gasteiger partial charge in [-0.3, -0.25) is 0 Å². The highest BCUT2D eigenvalue weighted by molar-refractivity contribution is 5.35. The van der Waals surface area contributed by atoms with Gasteiger partial charge in [0.15, 0.2) is 5.60 Å². The van der Waals surface area contributed by atoms with Gasteiger partial charge in [-0.2, -0.15) is 0 Å². The number of aliphatic hydroxyl groups is 1. The number of nitrogens with zero attached hydrogens (tertiary/aromatic N) is 2. The summed E-state index contributed by atoms with van der Waals surface area (Å²) in [7, 11) is 0. The largest absolute Gasteiger partial charge is 0.384 e. The summed E-state index contributed by atoms with van der Waals surface area (Å²) >= 11 is 0. The van der Waals surface area contributed by atoms with Crippen LogP contribution in [0, 0.1) is 0 Å². The Morgan fingerprint density at radius 3 is 2.47 bits per heavy atom. The lowest BCUT2D eigenvalue weighted by atomic mass is 10.0. The van der Waals surface area contributed by atoms with Gasteiger partial charge in [-0.15, -0.1) is 0 Å². The maximum Gasteiger partial charge on any atom is 0.285 e. The van der Waals surface area contributed by atoms with Crippen molar-refractivity contribution in [2.75, 3.05) is 12.3 Å². The van der Waals surface area contributed by atoms with Crippen molar-refractivity contribution in [1.29, 1.82) is 0 Å². The third-order valence-corrected chi connectivity index (χ3v) is 3.11. The van der Waals surface area contributed by atoms with Crippen LogP contribution >= 0.6 is 0 Å². The average molecular weight is 273 g/mol. The van der Waals surface area contributed by atoms with Crippen molar-refractivity contribution in [3.63, 3.8) is 0 Å². The first-order valence-electron chi connectivity index (χ1n) is 6.02. The number of hydrogen-bond donors (Lipinski definition) is 2. The van der Waals surface area contributed by atoms with Crippen LogP contribution in [0.2, 0.25) is 0 Å². The van der Waals surface area contributed by atoms with Gasteiger partial charge >= 0.3 is 0 Å². The highest BCUT2D eigenvalue weighted by Crippen LogP contribution is 2.62. The monoisotopic (exact) mass is 273 g/mol. The van der Waals surface area contributed by atoms with Crippen molar-refractivity contribution in [3.8, 4) is 0 Å². The second-order valence-electron chi connectivity index (χ2n) is 5.20. The normalized spacial score (nSPS) is 25.4. The molecule has 1 saturated carbocycles. The minimum atomic E-state index is -2.97. The van der Waals surface area contributed by atoms with Crippen molar-refractivity contribution in [1.82, 2.24) is 9.97 Å². The van der Waals surface area contributed by atoms with Crippen LogP contribution in [-0.2, 0) is 15.9 Å². The second-order valence-corrected chi connectivity index (χ2v) is 5.20. The van der Waals surface area contributed by atoms with Crippen molar-refractivity contribution in [2.45, 2.75) is 44.3 Å². The van der Waals surface area contributed by atoms with E-state index >= 15 is 0 Å². The standard InChI is InChI=1S/C12H17F2N3O2/c1-4-19-11(6-12(11,13)14)8-5-7(10(2,3)18)16-9(15)17-8/h5,18H,4,6H2,1-3H3,(H2,15,16,17). The smallest absolute Gasteiger partial charge is 0.285 e. The van der Waals surface area contributed by atoms with Crippen LogP contribution in [0.5, 0.6) is 0 Å². The summed E-state index contributed by atoms with van der Waals surface area (Å²) in [5.74, 6) is -3.13. The van der Waals surface area contributed by atoms with E-state index in [1.807, 2.05) is 0 Å². The van der Waals surface area contributed by atoms with E-state index in [1.54, 1.807) is 6.92 Å². The number of hydrogen-bond acceptors (Lipinski definition) is 5. The summed E-state index contributed by atoms with van der Waals surface area (Å²) in [6.45, 7) is 4.77. The minimum Gasteiger partial charge on any atom is -0.384 e. The molecule has 1 atom stereocenters. The molecule has 19 heavy (non-hydrogen) atoms. The average Bonchev–Trinajstić information content (AvgIpc) is 2.80. The van der Waals surface area contributed by atoms with E-state index in [0.717, 1.165) is 0 Å². The SMILES string of the molecule is CCOC1(c2cc(C(C)(C)O)nc(N)n2)CC1(F)F. The Morgan fingerprint density at radius 1 is 1.47 bits per heavy atom. The summed E-state index contributed by atoms with van der Waals surface area (Å²) in [4.78, 5) is 7.72. The van der Waals surface area contributed by atoms with Gasteiger partial charge in [0.25, 0.3) is 5.92 Å². The lowest BCUT2D eigenvalue weighted by Gasteiger charge is -2.21. The molecule has 0 aromatic carbocycles. The molecule has 7 heteroatoms. The van der Waals surface area contributed by atoms with E-state index in [0.29, 0.717) is 0 Å². The lowest BCUT2D eigenvalue weighted by Crippen LogP contribution is -2.26. The van der Waals surface area contributed by atoms with Crippen LogP contribution in [-0.4, -0.2) is 27.6 Å². The molecule has 0 aliphatic heterocycles. The third-order valence-electron chi connectivity index (χ3n) is 3.11. The number of ether oxygens (including phenoxy) is 1. The molecular weight excluding hydrogens is 256 g/mol. The molecule has 0 bridgehead atoms. The summed E-state index contributed by atoms with van der Waals surface area (Å²) in [5.41, 5.74) is 2.71. The van der Waals surface area contributed by atoms with Gasteiger partial charge in [-0.25, -0.2) is 18.7 Å². The third kappa shape index (κ3) is 2.28. The summed E-state index contributed by atoms with van der Waals surface area (Å²) < 4.78 is 32.4. The van der Waals surface area contributed by atoms with E-state index in [4.69, 9.17) is 10.5 Å². The molecule has 5 nitrogen and oxygen atoms in total. The Morgan fingerprint density at radius 2 is 2.05 bits per heavy atom. The molecule has 106 valence electrons. The first-order chi connectivity index (χ1) is 8.62. The van der Waals surface area contributed by atoms with Gasteiger partial charge < -0.3 is 15.6 Å². The van der Waals surface area contributed by atoms with Crippen LogP contribution in [0.25, 0.3) is 0 Å². The molecule has 1 aromatic rings. The lowest BCUT2D eigenvalue weighted by molar-refractivity contribution is -0.0574. The Hall–Kier alpha value is -1.34. The van der Waals surface area contributed by atoms with E-state index < -0.39 is 23.5 Å². The highest BCUT2D eigenvalue weighted by Gasteiger charge is 2.75. The first-order valence-corrected chi connectivity index (χ1v) is 6.02. The Kier molecular flexibility index (Phi) is 3.02. The second kappa shape index (κ2) is 4.08. The van der Waals surface area contributed by atoms with Crippen LogP contribution in [0.3, 0.4) is 0 Å². The minimum absolute atomic E-state index is 0.0176. The number of aromatic nitrogens is 2. The molecule has 1 unspecified atom stereocenters. The van der Waals surface area contributed by atoms with Gasteiger partial charge in [-0.1, -0.05) is 0 Å². The number of halogens is 2. The van der Waals surface area contributed by atoms with Gasteiger partial charge in [0.1, 0.15) is 5.60 Å². The molecule has 1 aliphatic carbocycles. The van der Waals surface area contributed by atoms with Gasteiger partial charge in [0.05, 0.1) is 17.8 Å². The van der Waals surface area contributed by atoms with Crippen molar-refractivity contribution in [2.24, 2.45) is 0 Å². The quantitative estimate of drug-likeness (QED) is 0.870. The fourth-order valence-corrected chi connectivity index (χ4v) is 2.01. The van der Waals surface area contributed by atoms with E-state index in [-0.39, 0.29) is 23.9 Å². The van der Waals surface area contributed by atoms with Crippen LogP contribution in [0.1, 0.15) is 38.6 Å². The van der Waals surface area contributed by atoms with Crippen LogP contribution < -0.4 is 5.73 Å². The van der Waals surface area contributed by atoms with Crippen molar-refractivity contribution in [3.05, 3.63) is 17.5 Å². The zero-order valence-corrected chi connectivity index (χ0v) is 11.1. The molecule has 0 radical (unpaired) electrons. The topological polar surface area (TPSA) is 81.3 Å². The van der Waals surface area contributed by atoms with Gasteiger partial charge in [0.2, 0.25) is 5.95 Å². The summed E-state index contributed by atoms with van der Waals surface area (Å²) in [6, 6.07) is 1.33. The maximum atomic E-state index is 13.6. The van der Waals surface area contributed by atoms with Gasteiger partial charge in [0, 0.05) is 6.61 Å². The van der Waals surface area contributed by atoms with Gasteiger partial charge in [-0.05, 0) is 26.8 Å². The molecule has 1 heterocycles. The Labute approximate surface area is 109 Å². The molecule has 1 aromatic heterocycles. The Bertz CT molecular complexity index is 502. The fraction of sp³-hybridized carbons (Fsp3) is 0.667. The van der Waals surface area contributed by atoms with Crippen molar-refractivity contribution >= 4 is 5.95 Å². The maximum absolute atomic E-state index is 13.6. The zero-order chi connectivity index (χ0) is 14.5. The summed E-state index contributed by atoms with van der Waals surface area (Å²) in [6.07, 6.45) is -0.435. The van der Waals surface area contributed by atoms with E-state index in [9.17, 15) is 13.9 Å². The molecule has 1 aliphatic rings. The Balaban J connectivity index is 2.49. The molecule has 2 rings (SSSR count). The zero-order valence-electron chi connectivity index (χ0n) is 11.1. The van der Waals surface area contributed by atoms with E-state index in [2.05, 4.69) is 9.97 Å².